The Bertz CT molecular complexity index is 392. The summed E-state index contributed by atoms with van der Waals surface area (Å²) in [7, 11) is 2.57. The first-order valence-electron chi connectivity index (χ1n) is 7.26. The standard InChI is InChI=1S/C15H25N2OP/c18-14-5-4-13(12-15(14)19)6-7-16-8-11-17-9-2-1-3-10-17/h4-5,12,16,18H,1-3,6-11,19H2. The fraction of sp³-hybridized carbons (Fsp3) is 0.600. The number of piperidine rings is 1. The molecule has 1 aliphatic rings. The van der Waals surface area contributed by atoms with E-state index in [1.54, 1.807) is 6.07 Å². The van der Waals surface area contributed by atoms with E-state index in [0.29, 0.717) is 5.75 Å². The second kappa shape index (κ2) is 7.84. The Labute approximate surface area is 118 Å². The molecule has 1 saturated heterocycles. The Hall–Kier alpha value is -0.630. The number of likely N-dealkylation sites (tertiary alicyclic amines) is 1. The summed E-state index contributed by atoms with van der Waals surface area (Å²) in [5.74, 6) is 0.354. The molecule has 3 nitrogen and oxygen atoms in total. The summed E-state index contributed by atoms with van der Waals surface area (Å²) in [6, 6.07) is 5.80. The molecular weight excluding hydrogens is 255 g/mol. The van der Waals surface area contributed by atoms with Crippen LogP contribution in [0.15, 0.2) is 18.2 Å². The summed E-state index contributed by atoms with van der Waals surface area (Å²) < 4.78 is 0. The zero-order valence-electron chi connectivity index (χ0n) is 11.6. The van der Waals surface area contributed by atoms with Crippen molar-refractivity contribution in [2.24, 2.45) is 0 Å². The first kappa shape index (κ1) is 14.8. The van der Waals surface area contributed by atoms with Crippen molar-refractivity contribution >= 4 is 14.5 Å². The predicted octanol–water partition coefficient (Wildman–Crippen LogP) is 1.51. The highest BCUT2D eigenvalue weighted by Gasteiger charge is 2.08. The summed E-state index contributed by atoms with van der Waals surface area (Å²) in [4.78, 5) is 2.55. The zero-order chi connectivity index (χ0) is 13.5. The third kappa shape index (κ3) is 5.10. The topological polar surface area (TPSA) is 35.5 Å². The van der Waals surface area contributed by atoms with E-state index in [1.165, 1.54) is 44.5 Å². The van der Waals surface area contributed by atoms with Gasteiger partial charge in [0.25, 0.3) is 0 Å². The Morgan fingerprint density at radius 3 is 2.68 bits per heavy atom. The average molecular weight is 280 g/mol. The van der Waals surface area contributed by atoms with Gasteiger partial charge in [-0.05, 0) is 56.6 Å². The lowest BCUT2D eigenvalue weighted by Crippen LogP contribution is -2.36. The molecule has 106 valence electrons. The molecule has 0 aliphatic carbocycles. The van der Waals surface area contributed by atoms with Crippen LogP contribution in [0.5, 0.6) is 5.75 Å². The number of benzene rings is 1. The number of rotatable bonds is 6. The van der Waals surface area contributed by atoms with Gasteiger partial charge in [-0.1, -0.05) is 12.5 Å². The maximum Gasteiger partial charge on any atom is 0.122 e. The van der Waals surface area contributed by atoms with Gasteiger partial charge in [0.1, 0.15) is 5.75 Å². The van der Waals surface area contributed by atoms with Crippen LogP contribution in [0.3, 0.4) is 0 Å². The minimum atomic E-state index is 0.354. The van der Waals surface area contributed by atoms with Crippen molar-refractivity contribution in [2.45, 2.75) is 25.7 Å². The quantitative estimate of drug-likeness (QED) is 0.612. The van der Waals surface area contributed by atoms with E-state index in [0.717, 1.165) is 24.8 Å². The first-order chi connectivity index (χ1) is 9.25. The minimum absolute atomic E-state index is 0.354. The second-order valence-electron chi connectivity index (χ2n) is 5.30. The highest BCUT2D eigenvalue weighted by atomic mass is 31.0. The summed E-state index contributed by atoms with van der Waals surface area (Å²) in [6.07, 6.45) is 5.15. The van der Waals surface area contributed by atoms with Gasteiger partial charge in [0.05, 0.1) is 0 Å². The number of hydrogen-bond donors (Lipinski definition) is 2. The molecule has 19 heavy (non-hydrogen) atoms. The normalized spacial score (nSPS) is 16.7. The molecule has 1 aromatic rings. The molecule has 0 amide bonds. The summed E-state index contributed by atoms with van der Waals surface area (Å²) in [5, 5.41) is 13.8. The molecule has 1 fully saturated rings. The number of hydrogen-bond acceptors (Lipinski definition) is 3. The van der Waals surface area contributed by atoms with E-state index in [2.05, 4.69) is 19.5 Å². The molecule has 1 aliphatic heterocycles. The SMILES string of the molecule is Oc1ccc(CCNCCN2CCCCC2)cc1P. The summed E-state index contributed by atoms with van der Waals surface area (Å²) in [5.41, 5.74) is 1.27. The number of phenols is 1. The predicted molar refractivity (Wildman–Crippen MR) is 84.3 cm³/mol. The molecule has 0 spiro atoms. The lowest BCUT2D eigenvalue weighted by atomic mass is 10.1. The van der Waals surface area contributed by atoms with Gasteiger partial charge in [0, 0.05) is 18.4 Å². The molecule has 1 unspecified atom stereocenters. The van der Waals surface area contributed by atoms with Crippen LogP contribution in [0, 0.1) is 0 Å². The molecule has 0 bridgehead atoms. The first-order valence-corrected chi connectivity index (χ1v) is 7.84. The van der Waals surface area contributed by atoms with Crippen LogP contribution in [0.4, 0.5) is 0 Å². The monoisotopic (exact) mass is 280 g/mol. The van der Waals surface area contributed by atoms with Crippen molar-refractivity contribution < 1.29 is 5.11 Å². The molecule has 0 aromatic heterocycles. The fourth-order valence-corrected chi connectivity index (χ4v) is 2.85. The van der Waals surface area contributed by atoms with E-state index in [1.807, 2.05) is 12.1 Å². The molecule has 4 heteroatoms. The zero-order valence-corrected chi connectivity index (χ0v) is 12.7. The van der Waals surface area contributed by atoms with E-state index < -0.39 is 0 Å². The summed E-state index contributed by atoms with van der Waals surface area (Å²) in [6.45, 7) is 5.80. The Morgan fingerprint density at radius 1 is 1.16 bits per heavy atom. The molecule has 0 saturated carbocycles. The Balaban J connectivity index is 1.59. The highest BCUT2D eigenvalue weighted by Crippen LogP contribution is 2.11. The average Bonchev–Trinajstić information content (AvgIpc) is 2.43. The van der Waals surface area contributed by atoms with Gasteiger partial charge in [-0.3, -0.25) is 0 Å². The largest absolute Gasteiger partial charge is 0.507 e. The van der Waals surface area contributed by atoms with Crippen LogP contribution in [-0.4, -0.2) is 42.7 Å². The third-order valence-corrected chi connectivity index (χ3v) is 4.20. The van der Waals surface area contributed by atoms with Gasteiger partial charge in [0.2, 0.25) is 0 Å². The maximum atomic E-state index is 9.46. The lowest BCUT2D eigenvalue weighted by molar-refractivity contribution is 0.229. The highest BCUT2D eigenvalue weighted by molar-refractivity contribution is 7.27. The van der Waals surface area contributed by atoms with Gasteiger partial charge in [-0.2, -0.15) is 0 Å². The number of phenolic OH excluding ortho intramolecular Hbond substituents is 1. The molecule has 2 rings (SSSR count). The molecule has 1 heterocycles. The van der Waals surface area contributed by atoms with Crippen molar-refractivity contribution in [3.8, 4) is 5.75 Å². The fourth-order valence-electron chi connectivity index (χ4n) is 2.54. The van der Waals surface area contributed by atoms with Crippen molar-refractivity contribution in [1.82, 2.24) is 10.2 Å². The van der Waals surface area contributed by atoms with E-state index >= 15 is 0 Å². The van der Waals surface area contributed by atoms with Crippen LogP contribution in [-0.2, 0) is 6.42 Å². The van der Waals surface area contributed by atoms with Crippen LogP contribution in [0.1, 0.15) is 24.8 Å². The number of nitrogens with zero attached hydrogens (tertiary/aromatic N) is 1. The lowest BCUT2D eigenvalue weighted by Gasteiger charge is -2.26. The Morgan fingerprint density at radius 2 is 1.95 bits per heavy atom. The molecule has 0 radical (unpaired) electrons. The molecular formula is C15H25N2OP. The maximum absolute atomic E-state index is 9.46. The van der Waals surface area contributed by atoms with Gasteiger partial charge in [-0.25, -0.2) is 0 Å². The number of aromatic hydroxyl groups is 1. The van der Waals surface area contributed by atoms with Crippen LogP contribution >= 0.6 is 9.24 Å². The van der Waals surface area contributed by atoms with Gasteiger partial charge in [0.15, 0.2) is 0 Å². The molecule has 2 N–H and O–H groups in total. The number of nitrogens with one attached hydrogen (secondary N) is 1. The minimum Gasteiger partial charge on any atom is -0.507 e. The van der Waals surface area contributed by atoms with Gasteiger partial charge in [-0.15, -0.1) is 9.24 Å². The second-order valence-corrected chi connectivity index (χ2v) is 5.92. The van der Waals surface area contributed by atoms with E-state index in [-0.39, 0.29) is 0 Å². The summed E-state index contributed by atoms with van der Waals surface area (Å²) >= 11 is 0. The van der Waals surface area contributed by atoms with Crippen LogP contribution in [0.2, 0.25) is 0 Å². The smallest absolute Gasteiger partial charge is 0.122 e. The molecule has 1 atom stereocenters. The van der Waals surface area contributed by atoms with Crippen molar-refractivity contribution in [3.05, 3.63) is 23.8 Å². The van der Waals surface area contributed by atoms with Crippen molar-refractivity contribution in [2.75, 3.05) is 32.7 Å². The van der Waals surface area contributed by atoms with Gasteiger partial charge >= 0.3 is 0 Å². The van der Waals surface area contributed by atoms with Crippen LogP contribution in [0.25, 0.3) is 0 Å². The molecule has 1 aromatic carbocycles. The van der Waals surface area contributed by atoms with E-state index in [4.69, 9.17) is 0 Å². The van der Waals surface area contributed by atoms with Crippen molar-refractivity contribution in [3.63, 3.8) is 0 Å². The van der Waals surface area contributed by atoms with Crippen LogP contribution < -0.4 is 10.6 Å². The van der Waals surface area contributed by atoms with E-state index in [9.17, 15) is 5.11 Å². The Kier molecular flexibility index (Phi) is 6.09. The van der Waals surface area contributed by atoms with Crippen molar-refractivity contribution in [1.29, 1.82) is 0 Å². The van der Waals surface area contributed by atoms with Gasteiger partial charge < -0.3 is 15.3 Å². The third-order valence-electron chi connectivity index (χ3n) is 3.74.